The van der Waals surface area contributed by atoms with E-state index in [0.717, 1.165) is 49.9 Å². The summed E-state index contributed by atoms with van der Waals surface area (Å²) in [7, 11) is 4.41. The van der Waals surface area contributed by atoms with Gasteiger partial charge in [-0.15, -0.1) is 0 Å². The molecule has 0 amide bonds. The smallest absolute Gasteiger partial charge is 0.123 e. The minimum atomic E-state index is 0.227. The Kier molecular flexibility index (Phi) is 4.69. The molecule has 4 nitrogen and oxygen atoms in total. The topological polar surface area (TPSA) is 27.7 Å². The first-order valence-corrected chi connectivity index (χ1v) is 8.04. The zero-order valence-electron chi connectivity index (χ0n) is 12.8. The molecular weight excluding hydrogens is 286 g/mol. The molecule has 0 aliphatic carbocycles. The van der Waals surface area contributed by atoms with Crippen molar-refractivity contribution in [2.24, 2.45) is 0 Å². The molecule has 0 radical (unpaired) electrons. The van der Waals surface area contributed by atoms with Crippen LogP contribution < -0.4 is 10.1 Å². The molecular formula is C16H24ClN3O. The van der Waals surface area contributed by atoms with E-state index in [1.165, 1.54) is 5.56 Å². The van der Waals surface area contributed by atoms with Gasteiger partial charge in [-0.2, -0.15) is 0 Å². The summed E-state index contributed by atoms with van der Waals surface area (Å²) in [6.07, 6.45) is 1.17. The Hall–Kier alpha value is -0.810. The summed E-state index contributed by atoms with van der Waals surface area (Å²) in [5, 5.41) is 4.36. The fourth-order valence-corrected chi connectivity index (χ4v) is 3.33. The summed E-state index contributed by atoms with van der Waals surface area (Å²) >= 11 is 6.03. The Morgan fingerprint density at radius 2 is 2.14 bits per heavy atom. The summed E-state index contributed by atoms with van der Waals surface area (Å²) in [4.78, 5) is 4.84. The van der Waals surface area contributed by atoms with Gasteiger partial charge in [0.25, 0.3) is 0 Å². The van der Waals surface area contributed by atoms with Gasteiger partial charge in [-0.3, -0.25) is 4.90 Å². The summed E-state index contributed by atoms with van der Waals surface area (Å²) < 4.78 is 5.95. The molecule has 2 heterocycles. The van der Waals surface area contributed by atoms with E-state index < -0.39 is 0 Å². The van der Waals surface area contributed by atoms with Gasteiger partial charge in [-0.25, -0.2) is 0 Å². The van der Waals surface area contributed by atoms with Crippen LogP contribution in [0.3, 0.4) is 0 Å². The van der Waals surface area contributed by atoms with Crippen LogP contribution in [0, 0.1) is 0 Å². The second-order valence-electron chi connectivity index (χ2n) is 6.25. The predicted octanol–water partition coefficient (Wildman–Crippen LogP) is 1.48. The van der Waals surface area contributed by atoms with Crippen LogP contribution in [0.1, 0.15) is 5.56 Å². The van der Waals surface area contributed by atoms with E-state index in [-0.39, 0.29) is 6.10 Å². The predicted molar refractivity (Wildman–Crippen MR) is 86.4 cm³/mol. The molecule has 1 fully saturated rings. The highest BCUT2D eigenvalue weighted by atomic mass is 35.5. The van der Waals surface area contributed by atoms with Crippen LogP contribution in [0.4, 0.5) is 0 Å². The number of hydrogen-bond acceptors (Lipinski definition) is 4. The molecule has 2 aliphatic heterocycles. The van der Waals surface area contributed by atoms with E-state index in [0.29, 0.717) is 6.04 Å². The number of rotatable bonds is 4. The monoisotopic (exact) mass is 309 g/mol. The number of benzene rings is 1. The van der Waals surface area contributed by atoms with E-state index in [9.17, 15) is 0 Å². The first kappa shape index (κ1) is 15.1. The Labute approximate surface area is 132 Å². The van der Waals surface area contributed by atoms with E-state index in [1.807, 2.05) is 18.2 Å². The highest BCUT2D eigenvalue weighted by molar-refractivity contribution is 6.30. The maximum absolute atomic E-state index is 6.03. The fourth-order valence-electron chi connectivity index (χ4n) is 3.14. The van der Waals surface area contributed by atoms with Gasteiger partial charge in [-0.05, 0) is 37.9 Å². The number of fused-ring (bicyclic) bond motifs is 1. The van der Waals surface area contributed by atoms with Crippen LogP contribution in [-0.4, -0.2) is 68.8 Å². The maximum atomic E-state index is 6.03. The zero-order chi connectivity index (χ0) is 14.8. The van der Waals surface area contributed by atoms with Crippen molar-refractivity contribution < 1.29 is 4.74 Å². The molecule has 21 heavy (non-hydrogen) atoms. The molecule has 1 aromatic carbocycles. The Morgan fingerprint density at radius 3 is 3.00 bits per heavy atom. The normalized spacial score (nSPS) is 26.6. The Bertz CT molecular complexity index is 496. The van der Waals surface area contributed by atoms with E-state index in [4.69, 9.17) is 16.3 Å². The lowest BCUT2D eigenvalue weighted by Crippen LogP contribution is -2.54. The number of piperazine rings is 1. The van der Waals surface area contributed by atoms with Crippen LogP contribution >= 0.6 is 11.6 Å². The van der Waals surface area contributed by atoms with Gasteiger partial charge in [0.15, 0.2) is 0 Å². The third-order valence-corrected chi connectivity index (χ3v) is 4.73. The van der Waals surface area contributed by atoms with Crippen molar-refractivity contribution in [2.75, 3.05) is 46.8 Å². The van der Waals surface area contributed by atoms with Crippen LogP contribution in [0.5, 0.6) is 5.75 Å². The molecule has 0 aromatic heterocycles. The van der Waals surface area contributed by atoms with Crippen LogP contribution in [0.15, 0.2) is 18.2 Å². The second kappa shape index (κ2) is 6.53. The van der Waals surface area contributed by atoms with Crippen LogP contribution in [0.2, 0.25) is 5.02 Å². The molecule has 2 aliphatic rings. The molecule has 3 rings (SSSR count). The number of hydrogen-bond donors (Lipinski definition) is 1. The number of halogens is 1. The SMILES string of the molecule is CN1CCN(C)C(CNCC2Cc3cc(Cl)ccc3O2)C1. The van der Waals surface area contributed by atoms with E-state index in [2.05, 4.69) is 29.2 Å². The van der Waals surface area contributed by atoms with Crippen molar-refractivity contribution in [2.45, 2.75) is 18.6 Å². The molecule has 0 bridgehead atoms. The molecule has 1 aromatic rings. The highest BCUT2D eigenvalue weighted by Gasteiger charge is 2.25. The van der Waals surface area contributed by atoms with Gasteiger partial charge in [0.1, 0.15) is 11.9 Å². The quantitative estimate of drug-likeness (QED) is 0.912. The Balaban J connectivity index is 1.45. The third kappa shape index (κ3) is 3.69. The van der Waals surface area contributed by atoms with Crippen LogP contribution in [0.25, 0.3) is 0 Å². The first-order valence-electron chi connectivity index (χ1n) is 7.66. The largest absolute Gasteiger partial charge is 0.488 e. The first-order chi connectivity index (χ1) is 10.1. The lowest BCUT2D eigenvalue weighted by molar-refractivity contribution is 0.111. The van der Waals surface area contributed by atoms with Crippen molar-refractivity contribution in [3.8, 4) is 5.75 Å². The molecule has 0 saturated carbocycles. The number of nitrogens with zero attached hydrogens (tertiary/aromatic N) is 2. The van der Waals surface area contributed by atoms with E-state index in [1.54, 1.807) is 0 Å². The van der Waals surface area contributed by atoms with Crippen molar-refractivity contribution in [1.29, 1.82) is 0 Å². The molecule has 2 atom stereocenters. The molecule has 2 unspecified atom stereocenters. The third-order valence-electron chi connectivity index (χ3n) is 4.50. The number of ether oxygens (including phenoxy) is 1. The average Bonchev–Trinajstić information content (AvgIpc) is 2.84. The van der Waals surface area contributed by atoms with Crippen molar-refractivity contribution >= 4 is 11.6 Å². The molecule has 1 N–H and O–H groups in total. The highest BCUT2D eigenvalue weighted by Crippen LogP contribution is 2.30. The number of nitrogens with one attached hydrogen (secondary N) is 1. The van der Waals surface area contributed by atoms with Gasteiger partial charge >= 0.3 is 0 Å². The van der Waals surface area contributed by atoms with Crippen LogP contribution in [-0.2, 0) is 6.42 Å². The lowest BCUT2D eigenvalue weighted by Gasteiger charge is -2.38. The van der Waals surface area contributed by atoms with Gasteiger partial charge in [-0.1, -0.05) is 11.6 Å². The molecule has 5 heteroatoms. The summed E-state index contributed by atoms with van der Waals surface area (Å²) in [5.74, 6) is 0.987. The minimum Gasteiger partial charge on any atom is -0.488 e. The Morgan fingerprint density at radius 1 is 1.29 bits per heavy atom. The average molecular weight is 310 g/mol. The summed E-state index contributed by atoms with van der Waals surface area (Å²) in [6, 6.07) is 6.47. The summed E-state index contributed by atoms with van der Waals surface area (Å²) in [5.41, 5.74) is 1.23. The molecule has 116 valence electrons. The van der Waals surface area contributed by atoms with Crippen molar-refractivity contribution in [1.82, 2.24) is 15.1 Å². The van der Waals surface area contributed by atoms with Crippen molar-refractivity contribution in [3.05, 3.63) is 28.8 Å². The fraction of sp³-hybridized carbons (Fsp3) is 0.625. The van der Waals surface area contributed by atoms with Gasteiger partial charge in [0, 0.05) is 50.2 Å². The minimum absolute atomic E-state index is 0.227. The van der Waals surface area contributed by atoms with Crippen molar-refractivity contribution in [3.63, 3.8) is 0 Å². The van der Waals surface area contributed by atoms with Gasteiger partial charge < -0.3 is 15.0 Å². The molecule has 1 saturated heterocycles. The standard InChI is InChI=1S/C16H24ClN3O/c1-19-5-6-20(2)14(11-19)9-18-10-15-8-12-7-13(17)3-4-16(12)21-15/h3-4,7,14-15,18H,5-6,8-11H2,1-2H3. The second-order valence-corrected chi connectivity index (χ2v) is 6.69. The van der Waals surface area contributed by atoms with E-state index >= 15 is 0 Å². The summed E-state index contributed by atoms with van der Waals surface area (Å²) in [6.45, 7) is 5.34. The van der Waals surface area contributed by atoms with Gasteiger partial charge in [0.2, 0.25) is 0 Å². The van der Waals surface area contributed by atoms with Gasteiger partial charge in [0.05, 0.1) is 0 Å². The lowest BCUT2D eigenvalue weighted by atomic mass is 10.1. The maximum Gasteiger partial charge on any atom is 0.123 e. The molecule has 0 spiro atoms. The zero-order valence-corrected chi connectivity index (χ0v) is 13.6. The number of likely N-dealkylation sites (N-methyl/N-ethyl adjacent to an activating group) is 2.